The van der Waals surface area contributed by atoms with Crippen LogP contribution >= 0.6 is 0 Å². The highest BCUT2D eigenvalue weighted by Gasteiger charge is 2.12. The van der Waals surface area contributed by atoms with Gasteiger partial charge in [-0.1, -0.05) is 0 Å². The molecule has 0 heterocycles. The van der Waals surface area contributed by atoms with Gasteiger partial charge in [-0.15, -0.1) is 0 Å². The molecule has 5 heteroatoms. The fourth-order valence-corrected chi connectivity index (χ4v) is 0.983. The number of hydrogen-bond acceptors (Lipinski definition) is 5. The van der Waals surface area contributed by atoms with Crippen molar-refractivity contribution in [3.05, 3.63) is 0 Å². The quantitative estimate of drug-likeness (QED) is 0.484. The lowest BCUT2D eigenvalue weighted by molar-refractivity contribution is -0.197. The van der Waals surface area contributed by atoms with Gasteiger partial charge in [-0.25, -0.2) is 0 Å². The van der Waals surface area contributed by atoms with E-state index in [4.69, 9.17) is 20.2 Å². The number of aliphatic hydroxyl groups is 3. The standard InChI is InChI=1S/C9H21NO4/c1-7(11)4-10(5-8(2)12)14-6-9(3)13/h7-9,11-13H,4-6H2,1-3H3. The predicted molar refractivity (Wildman–Crippen MR) is 52.6 cm³/mol. The van der Waals surface area contributed by atoms with Crippen LogP contribution in [0.5, 0.6) is 0 Å². The summed E-state index contributed by atoms with van der Waals surface area (Å²) >= 11 is 0. The minimum Gasteiger partial charge on any atom is -0.392 e. The van der Waals surface area contributed by atoms with E-state index in [-0.39, 0.29) is 6.61 Å². The van der Waals surface area contributed by atoms with Crippen LogP contribution in [-0.4, -0.2) is 58.4 Å². The number of hydrogen-bond donors (Lipinski definition) is 3. The fraction of sp³-hybridized carbons (Fsp3) is 1.00. The second kappa shape index (κ2) is 7.14. The van der Waals surface area contributed by atoms with E-state index in [9.17, 15) is 0 Å². The second-order valence-corrected chi connectivity index (χ2v) is 3.69. The van der Waals surface area contributed by atoms with Crippen LogP contribution in [0.1, 0.15) is 20.8 Å². The maximum absolute atomic E-state index is 9.14. The summed E-state index contributed by atoms with van der Waals surface area (Å²) in [5.41, 5.74) is 0. The number of aliphatic hydroxyl groups excluding tert-OH is 3. The molecule has 0 bridgehead atoms. The molecule has 0 amide bonds. The number of hydroxylamine groups is 2. The van der Waals surface area contributed by atoms with Crippen LogP contribution in [0, 0.1) is 0 Å². The molecule has 0 aliphatic rings. The molecule has 3 atom stereocenters. The van der Waals surface area contributed by atoms with Crippen molar-refractivity contribution in [2.24, 2.45) is 0 Å². The van der Waals surface area contributed by atoms with Crippen LogP contribution in [0.15, 0.2) is 0 Å². The second-order valence-electron chi connectivity index (χ2n) is 3.69. The van der Waals surface area contributed by atoms with Gasteiger partial charge in [0.25, 0.3) is 0 Å². The Labute approximate surface area is 84.9 Å². The third-order valence-corrected chi connectivity index (χ3v) is 1.43. The fourth-order valence-electron chi connectivity index (χ4n) is 0.983. The van der Waals surface area contributed by atoms with Gasteiger partial charge < -0.3 is 15.3 Å². The highest BCUT2D eigenvalue weighted by molar-refractivity contribution is 4.57. The van der Waals surface area contributed by atoms with Crippen molar-refractivity contribution in [2.45, 2.75) is 39.1 Å². The summed E-state index contributed by atoms with van der Waals surface area (Å²) in [6.07, 6.45) is -1.61. The third kappa shape index (κ3) is 8.40. The molecule has 5 nitrogen and oxygen atoms in total. The molecule has 0 aliphatic heterocycles. The highest BCUT2D eigenvalue weighted by atomic mass is 16.7. The zero-order valence-corrected chi connectivity index (χ0v) is 9.05. The van der Waals surface area contributed by atoms with Gasteiger partial charge in [0.1, 0.15) is 0 Å². The largest absolute Gasteiger partial charge is 0.392 e. The average Bonchev–Trinajstić information content (AvgIpc) is 1.97. The molecular weight excluding hydrogens is 186 g/mol. The highest BCUT2D eigenvalue weighted by Crippen LogP contribution is 1.98. The summed E-state index contributed by atoms with van der Waals surface area (Å²) in [5, 5.41) is 28.7. The molecule has 0 aromatic carbocycles. The predicted octanol–water partition coefficient (Wildman–Crippen LogP) is -0.638. The average molecular weight is 207 g/mol. The third-order valence-electron chi connectivity index (χ3n) is 1.43. The van der Waals surface area contributed by atoms with Gasteiger partial charge in [0, 0.05) is 13.1 Å². The van der Waals surface area contributed by atoms with Crippen LogP contribution in [0.4, 0.5) is 0 Å². The monoisotopic (exact) mass is 207 g/mol. The van der Waals surface area contributed by atoms with Crippen molar-refractivity contribution in [2.75, 3.05) is 19.7 Å². The van der Waals surface area contributed by atoms with Crippen molar-refractivity contribution >= 4 is 0 Å². The van der Waals surface area contributed by atoms with E-state index in [0.717, 1.165) is 0 Å². The normalized spacial score (nSPS) is 18.2. The van der Waals surface area contributed by atoms with Gasteiger partial charge in [-0.3, -0.25) is 4.84 Å². The van der Waals surface area contributed by atoms with Gasteiger partial charge in [-0.05, 0) is 20.8 Å². The van der Waals surface area contributed by atoms with Gasteiger partial charge in [-0.2, -0.15) is 5.06 Å². The Morgan fingerprint density at radius 3 is 1.64 bits per heavy atom. The Hall–Kier alpha value is -0.200. The lowest BCUT2D eigenvalue weighted by Gasteiger charge is -2.24. The maximum atomic E-state index is 9.14. The molecule has 0 rings (SSSR count). The SMILES string of the molecule is CC(O)CON(CC(C)O)CC(C)O. The first-order valence-corrected chi connectivity index (χ1v) is 4.84. The number of nitrogens with zero attached hydrogens (tertiary/aromatic N) is 1. The Kier molecular flexibility index (Phi) is 7.04. The Morgan fingerprint density at radius 1 is 0.929 bits per heavy atom. The van der Waals surface area contributed by atoms with E-state index in [0.29, 0.717) is 13.1 Å². The lowest BCUT2D eigenvalue weighted by Crippen LogP contribution is -2.37. The molecule has 0 saturated carbocycles. The van der Waals surface area contributed by atoms with E-state index in [1.165, 1.54) is 5.06 Å². The van der Waals surface area contributed by atoms with E-state index < -0.39 is 18.3 Å². The first-order chi connectivity index (χ1) is 6.41. The van der Waals surface area contributed by atoms with Crippen LogP contribution < -0.4 is 0 Å². The molecule has 0 fully saturated rings. The maximum Gasteiger partial charge on any atom is 0.0941 e. The van der Waals surface area contributed by atoms with Gasteiger partial charge in [0.05, 0.1) is 24.9 Å². The van der Waals surface area contributed by atoms with E-state index >= 15 is 0 Å². The Bertz CT molecular complexity index is 129. The zero-order valence-electron chi connectivity index (χ0n) is 9.05. The number of rotatable bonds is 7. The van der Waals surface area contributed by atoms with Crippen LogP contribution in [0.25, 0.3) is 0 Å². The zero-order chi connectivity index (χ0) is 11.1. The molecule has 3 N–H and O–H groups in total. The van der Waals surface area contributed by atoms with Crippen LogP contribution in [0.3, 0.4) is 0 Å². The molecule has 14 heavy (non-hydrogen) atoms. The van der Waals surface area contributed by atoms with Crippen LogP contribution in [-0.2, 0) is 4.84 Å². The van der Waals surface area contributed by atoms with E-state index in [2.05, 4.69) is 0 Å². The molecule has 86 valence electrons. The van der Waals surface area contributed by atoms with Gasteiger partial charge in [0.15, 0.2) is 0 Å². The lowest BCUT2D eigenvalue weighted by atomic mass is 10.3. The Morgan fingerprint density at radius 2 is 1.36 bits per heavy atom. The topological polar surface area (TPSA) is 73.2 Å². The molecular formula is C9H21NO4. The van der Waals surface area contributed by atoms with E-state index in [1.54, 1.807) is 20.8 Å². The minimum absolute atomic E-state index is 0.166. The van der Waals surface area contributed by atoms with Crippen molar-refractivity contribution in [1.82, 2.24) is 5.06 Å². The smallest absolute Gasteiger partial charge is 0.0941 e. The van der Waals surface area contributed by atoms with Crippen molar-refractivity contribution in [3.63, 3.8) is 0 Å². The van der Waals surface area contributed by atoms with Crippen molar-refractivity contribution in [1.29, 1.82) is 0 Å². The summed E-state index contributed by atoms with van der Waals surface area (Å²) < 4.78 is 0. The van der Waals surface area contributed by atoms with Gasteiger partial charge >= 0.3 is 0 Å². The summed E-state index contributed by atoms with van der Waals surface area (Å²) in [5.74, 6) is 0. The van der Waals surface area contributed by atoms with Crippen molar-refractivity contribution < 1.29 is 20.2 Å². The van der Waals surface area contributed by atoms with Crippen LogP contribution in [0.2, 0.25) is 0 Å². The summed E-state index contributed by atoms with van der Waals surface area (Å²) in [6.45, 7) is 5.69. The molecule has 0 saturated heterocycles. The summed E-state index contributed by atoms with van der Waals surface area (Å²) in [7, 11) is 0. The first-order valence-electron chi connectivity index (χ1n) is 4.84. The first kappa shape index (κ1) is 13.8. The van der Waals surface area contributed by atoms with Crippen molar-refractivity contribution in [3.8, 4) is 0 Å². The molecule has 0 aromatic rings. The van der Waals surface area contributed by atoms with E-state index in [1.807, 2.05) is 0 Å². The molecule has 0 aromatic heterocycles. The molecule has 0 radical (unpaired) electrons. The minimum atomic E-state index is -0.555. The van der Waals surface area contributed by atoms with Gasteiger partial charge in [0.2, 0.25) is 0 Å². The molecule has 3 unspecified atom stereocenters. The summed E-state index contributed by atoms with van der Waals surface area (Å²) in [4.78, 5) is 5.19. The molecule has 0 aliphatic carbocycles. The summed E-state index contributed by atoms with van der Waals surface area (Å²) in [6, 6.07) is 0. The Balaban J connectivity index is 3.84. The molecule has 0 spiro atoms.